The highest BCUT2D eigenvalue weighted by Gasteiger charge is 2.17. The minimum absolute atomic E-state index is 0.222. The Kier molecular flexibility index (Phi) is 5.25. The van der Waals surface area contributed by atoms with E-state index in [1.807, 2.05) is 79.7 Å². The van der Waals surface area contributed by atoms with Gasteiger partial charge in [-0.2, -0.15) is 5.10 Å². The van der Waals surface area contributed by atoms with Crippen LogP contribution in [-0.4, -0.2) is 21.8 Å². The van der Waals surface area contributed by atoms with Gasteiger partial charge in [-0.1, -0.05) is 66.2 Å². The highest BCUT2D eigenvalue weighted by Crippen LogP contribution is 2.19. The quantitative estimate of drug-likeness (QED) is 0.414. The third kappa shape index (κ3) is 4.27. The normalized spacial score (nSPS) is 11.3. The Bertz CT molecular complexity index is 1130. The van der Waals surface area contributed by atoms with Crippen LogP contribution in [0.15, 0.2) is 94.4 Å². The first kappa shape index (κ1) is 18.3. The van der Waals surface area contributed by atoms with Crippen molar-refractivity contribution in [2.45, 2.75) is 6.92 Å². The lowest BCUT2D eigenvalue weighted by Gasteiger charge is -2.04. The van der Waals surface area contributed by atoms with Crippen molar-refractivity contribution in [2.75, 3.05) is 0 Å². The van der Waals surface area contributed by atoms with E-state index in [0.29, 0.717) is 17.2 Å². The molecule has 6 heteroatoms. The average Bonchev–Trinajstić information content (AvgIpc) is 3.26. The molecule has 0 bridgehead atoms. The third-order valence-corrected chi connectivity index (χ3v) is 4.28. The van der Waals surface area contributed by atoms with Gasteiger partial charge in [-0.15, -0.1) is 10.2 Å². The number of hydrogen-bond acceptors (Lipinski definition) is 5. The van der Waals surface area contributed by atoms with Crippen LogP contribution >= 0.6 is 0 Å². The van der Waals surface area contributed by atoms with Crippen molar-refractivity contribution >= 4 is 11.6 Å². The van der Waals surface area contributed by atoms with Gasteiger partial charge in [-0.25, -0.2) is 5.43 Å². The number of hydrogen-bond donors (Lipinski definition) is 1. The van der Waals surface area contributed by atoms with Gasteiger partial charge in [0.05, 0.1) is 0 Å². The molecular weight excluding hydrogens is 364 g/mol. The third-order valence-electron chi connectivity index (χ3n) is 4.28. The fraction of sp³-hybridized carbons (Fsp3) is 0.0435. The lowest BCUT2D eigenvalue weighted by molar-refractivity contribution is 0.0955. The Morgan fingerprint density at radius 2 is 1.48 bits per heavy atom. The first-order valence-corrected chi connectivity index (χ1v) is 9.10. The van der Waals surface area contributed by atoms with Crippen LogP contribution in [0.4, 0.5) is 0 Å². The van der Waals surface area contributed by atoms with Crippen LogP contribution in [0.25, 0.3) is 11.5 Å². The van der Waals surface area contributed by atoms with E-state index in [2.05, 4.69) is 20.7 Å². The van der Waals surface area contributed by atoms with Gasteiger partial charge in [0.25, 0.3) is 11.8 Å². The summed E-state index contributed by atoms with van der Waals surface area (Å²) in [6.45, 7) is 1.97. The van der Waals surface area contributed by atoms with E-state index in [9.17, 15) is 4.79 Å². The SMILES string of the molecule is Cc1ccc(C(=O)N/N=C(/c2ccccc2)c2nnc(-c3ccccc3)o2)cc1. The summed E-state index contributed by atoms with van der Waals surface area (Å²) in [7, 11) is 0. The summed E-state index contributed by atoms with van der Waals surface area (Å²) in [6.07, 6.45) is 0. The predicted octanol–water partition coefficient (Wildman–Crippen LogP) is 4.23. The maximum atomic E-state index is 12.5. The maximum absolute atomic E-state index is 12.5. The molecule has 0 spiro atoms. The fourth-order valence-corrected chi connectivity index (χ4v) is 2.72. The highest BCUT2D eigenvalue weighted by atomic mass is 16.4. The van der Waals surface area contributed by atoms with Gasteiger partial charge in [-0.05, 0) is 31.2 Å². The van der Waals surface area contributed by atoms with Crippen molar-refractivity contribution in [2.24, 2.45) is 5.10 Å². The zero-order valence-electron chi connectivity index (χ0n) is 15.7. The number of amides is 1. The Hall–Kier alpha value is -4.06. The Morgan fingerprint density at radius 3 is 2.17 bits per heavy atom. The van der Waals surface area contributed by atoms with E-state index in [4.69, 9.17) is 4.42 Å². The molecule has 1 N–H and O–H groups in total. The number of nitrogens with one attached hydrogen (secondary N) is 1. The number of rotatable bonds is 5. The molecule has 0 aliphatic heterocycles. The van der Waals surface area contributed by atoms with Crippen LogP contribution in [0.2, 0.25) is 0 Å². The van der Waals surface area contributed by atoms with Gasteiger partial charge in [0.15, 0.2) is 5.71 Å². The van der Waals surface area contributed by atoms with Crippen LogP contribution < -0.4 is 5.43 Å². The molecule has 1 amide bonds. The van der Waals surface area contributed by atoms with Crippen molar-refractivity contribution in [3.05, 3.63) is 108 Å². The number of aromatic nitrogens is 2. The molecule has 29 heavy (non-hydrogen) atoms. The van der Waals surface area contributed by atoms with Crippen LogP contribution in [0.5, 0.6) is 0 Å². The molecule has 0 radical (unpaired) electrons. The molecule has 4 rings (SSSR count). The van der Waals surface area contributed by atoms with Gasteiger partial charge in [-0.3, -0.25) is 4.79 Å². The van der Waals surface area contributed by atoms with Crippen LogP contribution in [-0.2, 0) is 0 Å². The molecule has 0 saturated heterocycles. The van der Waals surface area contributed by atoms with Gasteiger partial charge in [0.2, 0.25) is 5.89 Å². The van der Waals surface area contributed by atoms with E-state index >= 15 is 0 Å². The molecule has 1 aromatic heterocycles. The summed E-state index contributed by atoms with van der Waals surface area (Å²) in [4.78, 5) is 12.5. The molecule has 1 heterocycles. The lowest BCUT2D eigenvalue weighted by atomic mass is 10.1. The summed E-state index contributed by atoms with van der Waals surface area (Å²) in [5.74, 6) is 0.287. The molecule has 0 aliphatic rings. The van der Waals surface area contributed by atoms with Crippen molar-refractivity contribution < 1.29 is 9.21 Å². The summed E-state index contributed by atoms with van der Waals surface area (Å²) >= 11 is 0. The molecule has 3 aromatic carbocycles. The summed E-state index contributed by atoms with van der Waals surface area (Å²) in [5.41, 5.74) is 6.13. The zero-order valence-corrected chi connectivity index (χ0v) is 15.7. The number of aryl methyl sites for hydroxylation is 1. The van der Waals surface area contributed by atoms with Gasteiger partial charge < -0.3 is 4.42 Å². The monoisotopic (exact) mass is 382 g/mol. The summed E-state index contributed by atoms with van der Waals surface area (Å²) in [5, 5.41) is 12.5. The van der Waals surface area contributed by atoms with E-state index in [1.165, 1.54) is 0 Å². The number of benzene rings is 3. The molecule has 6 nitrogen and oxygen atoms in total. The topological polar surface area (TPSA) is 80.4 Å². The predicted molar refractivity (Wildman–Crippen MR) is 110 cm³/mol. The Labute approximate surface area is 167 Å². The molecule has 0 fully saturated rings. The summed E-state index contributed by atoms with van der Waals surface area (Å²) < 4.78 is 5.84. The van der Waals surface area contributed by atoms with Crippen molar-refractivity contribution in [3.63, 3.8) is 0 Å². The largest absolute Gasteiger partial charge is 0.415 e. The fourth-order valence-electron chi connectivity index (χ4n) is 2.72. The molecular formula is C23H18N4O2. The van der Waals surface area contributed by atoms with E-state index in [1.54, 1.807) is 12.1 Å². The van der Waals surface area contributed by atoms with E-state index < -0.39 is 0 Å². The van der Waals surface area contributed by atoms with Gasteiger partial charge in [0, 0.05) is 16.7 Å². The second-order valence-corrected chi connectivity index (χ2v) is 6.41. The molecule has 0 saturated carbocycles. The number of carbonyl (C=O) groups excluding carboxylic acids is 1. The van der Waals surface area contributed by atoms with Crippen LogP contribution in [0.1, 0.15) is 27.4 Å². The maximum Gasteiger partial charge on any atom is 0.271 e. The van der Waals surface area contributed by atoms with E-state index in [0.717, 1.165) is 16.7 Å². The van der Waals surface area contributed by atoms with E-state index in [-0.39, 0.29) is 11.8 Å². The minimum Gasteiger partial charge on any atom is -0.415 e. The molecule has 0 aliphatic carbocycles. The molecule has 4 aromatic rings. The van der Waals surface area contributed by atoms with Crippen LogP contribution in [0.3, 0.4) is 0 Å². The summed E-state index contributed by atoms with van der Waals surface area (Å²) in [6, 6.07) is 26.1. The van der Waals surface area contributed by atoms with Gasteiger partial charge in [0.1, 0.15) is 0 Å². The average molecular weight is 382 g/mol. The van der Waals surface area contributed by atoms with Crippen molar-refractivity contribution in [1.82, 2.24) is 15.6 Å². The molecule has 142 valence electrons. The number of nitrogens with zero attached hydrogens (tertiary/aromatic N) is 3. The van der Waals surface area contributed by atoms with Crippen LogP contribution in [0, 0.1) is 6.92 Å². The lowest BCUT2D eigenvalue weighted by Crippen LogP contribution is -2.20. The van der Waals surface area contributed by atoms with Crippen molar-refractivity contribution in [3.8, 4) is 11.5 Å². The highest BCUT2D eigenvalue weighted by molar-refractivity contribution is 6.10. The molecule has 0 atom stereocenters. The first-order valence-electron chi connectivity index (χ1n) is 9.10. The molecule has 0 unspecified atom stereocenters. The minimum atomic E-state index is -0.318. The number of carbonyl (C=O) groups is 1. The second-order valence-electron chi connectivity index (χ2n) is 6.41. The smallest absolute Gasteiger partial charge is 0.271 e. The van der Waals surface area contributed by atoms with Gasteiger partial charge >= 0.3 is 0 Å². The standard InChI is InChI=1S/C23H18N4O2/c1-16-12-14-18(15-13-16)21(28)25-24-20(17-8-4-2-5-9-17)23-27-26-22(29-23)19-10-6-3-7-11-19/h2-15H,1H3,(H,25,28)/b24-20-. The second kappa shape index (κ2) is 8.31. The Morgan fingerprint density at radius 1 is 0.828 bits per heavy atom. The first-order chi connectivity index (χ1) is 14.2. The zero-order chi connectivity index (χ0) is 20.1. The van der Waals surface area contributed by atoms with Crippen molar-refractivity contribution in [1.29, 1.82) is 0 Å². The Balaban J connectivity index is 1.66. The number of hydrazone groups is 1.